The zero-order chi connectivity index (χ0) is 10.3. The molecular formula is C13H17N. The van der Waals surface area contributed by atoms with Gasteiger partial charge in [-0.05, 0) is 43.9 Å². The molecule has 1 aromatic rings. The SMILES string of the molecule is Cc1ccc2c(c1)C=C(C(C)(C)N)C2. The Morgan fingerprint density at radius 3 is 2.64 bits per heavy atom. The summed E-state index contributed by atoms with van der Waals surface area (Å²) in [7, 11) is 0. The largest absolute Gasteiger partial charge is 0.322 e. The van der Waals surface area contributed by atoms with Crippen molar-refractivity contribution >= 4 is 6.08 Å². The van der Waals surface area contributed by atoms with Crippen molar-refractivity contribution in [2.24, 2.45) is 5.73 Å². The molecule has 0 aromatic heterocycles. The van der Waals surface area contributed by atoms with Gasteiger partial charge in [0.15, 0.2) is 0 Å². The van der Waals surface area contributed by atoms with Crippen LogP contribution < -0.4 is 5.73 Å². The molecule has 0 bridgehead atoms. The van der Waals surface area contributed by atoms with E-state index in [0.29, 0.717) is 0 Å². The zero-order valence-corrected chi connectivity index (χ0v) is 9.09. The predicted molar refractivity (Wildman–Crippen MR) is 61.1 cm³/mol. The van der Waals surface area contributed by atoms with Gasteiger partial charge in [-0.2, -0.15) is 0 Å². The fraction of sp³-hybridized carbons (Fsp3) is 0.385. The molecule has 0 unspecified atom stereocenters. The molecule has 74 valence electrons. The maximum absolute atomic E-state index is 6.09. The second kappa shape index (κ2) is 2.96. The van der Waals surface area contributed by atoms with Gasteiger partial charge < -0.3 is 5.73 Å². The summed E-state index contributed by atoms with van der Waals surface area (Å²) in [5, 5.41) is 0. The third kappa shape index (κ3) is 1.60. The first kappa shape index (κ1) is 9.47. The highest BCUT2D eigenvalue weighted by Crippen LogP contribution is 2.30. The third-order valence-corrected chi connectivity index (χ3v) is 2.84. The topological polar surface area (TPSA) is 26.0 Å². The van der Waals surface area contributed by atoms with Crippen molar-refractivity contribution in [3.63, 3.8) is 0 Å². The average Bonchev–Trinajstić information content (AvgIpc) is 2.45. The number of fused-ring (bicyclic) bond motifs is 1. The molecule has 1 aromatic carbocycles. The maximum Gasteiger partial charge on any atom is 0.0318 e. The van der Waals surface area contributed by atoms with E-state index in [1.807, 2.05) is 0 Å². The smallest absolute Gasteiger partial charge is 0.0318 e. The van der Waals surface area contributed by atoms with E-state index in [-0.39, 0.29) is 5.54 Å². The summed E-state index contributed by atoms with van der Waals surface area (Å²) >= 11 is 0. The Balaban J connectivity index is 2.39. The second-order valence-corrected chi connectivity index (χ2v) is 4.77. The molecule has 14 heavy (non-hydrogen) atoms. The van der Waals surface area contributed by atoms with E-state index in [1.54, 1.807) is 0 Å². The van der Waals surface area contributed by atoms with Crippen LogP contribution in [0.5, 0.6) is 0 Å². The van der Waals surface area contributed by atoms with E-state index in [2.05, 4.69) is 45.0 Å². The van der Waals surface area contributed by atoms with Crippen LogP contribution in [0.2, 0.25) is 0 Å². The first-order valence-corrected chi connectivity index (χ1v) is 5.06. The molecule has 1 aliphatic carbocycles. The van der Waals surface area contributed by atoms with Gasteiger partial charge in [0, 0.05) is 5.54 Å². The molecular weight excluding hydrogens is 170 g/mol. The number of hydrogen-bond acceptors (Lipinski definition) is 1. The Bertz CT molecular complexity index is 394. The van der Waals surface area contributed by atoms with Crippen LogP contribution in [0.3, 0.4) is 0 Å². The van der Waals surface area contributed by atoms with Crippen LogP contribution in [0.4, 0.5) is 0 Å². The Morgan fingerprint density at radius 2 is 2.00 bits per heavy atom. The van der Waals surface area contributed by atoms with Crippen LogP contribution >= 0.6 is 0 Å². The Hall–Kier alpha value is -1.08. The molecule has 0 saturated carbocycles. The summed E-state index contributed by atoms with van der Waals surface area (Å²) < 4.78 is 0. The van der Waals surface area contributed by atoms with Crippen molar-refractivity contribution in [2.75, 3.05) is 0 Å². The molecule has 1 nitrogen and oxygen atoms in total. The standard InChI is InChI=1S/C13H17N/c1-9-4-5-10-7-12(13(2,3)14)8-11(10)6-9/h4-6,8H,7,14H2,1-3H3. The minimum Gasteiger partial charge on any atom is -0.322 e. The van der Waals surface area contributed by atoms with Gasteiger partial charge in [-0.3, -0.25) is 0 Å². The van der Waals surface area contributed by atoms with Gasteiger partial charge in [-0.1, -0.05) is 29.8 Å². The first-order valence-electron chi connectivity index (χ1n) is 5.06. The summed E-state index contributed by atoms with van der Waals surface area (Å²) in [4.78, 5) is 0. The van der Waals surface area contributed by atoms with Crippen LogP contribution in [0.15, 0.2) is 23.8 Å². The van der Waals surface area contributed by atoms with Crippen LogP contribution in [0.1, 0.15) is 30.5 Å². The first-order chi connectivity index (χ1) is 6.47. The minimum atomic E-state index is -0.188. The molecule has 2 N–H and O–H groups in total. The van der Waals surface area contributed by atoms with Crippen LogP contribution in [-0.4, -0.2) is 5.54 Å². The molecule has 0 amide bonds. The van der Waals surface area contributed by atoms with Gasteiger partial charge in [0.05, 0.1) is 0 Å². The lowest BCUT2D eigenvalue weighted by atomic mass is 9.94. The molecule has 0 saturated heterocycles. The fourth-order valence-corrected chi connectivity index (χ4v) is 1.87. The lowest BCUT2D eigenvalue weighted by molar-refractivity contribution is 0.604. The van der Waals surface area contributed by atoms with E-state index in [0.717, 1.165) is 6.42 Å². The summed E-state index contributed by atoms with van der Waals surface area (Å²) in [6.07, 6.45) is 3.25. The van der Waals surface area contributed by atoms with Crippen molar-refractivity contribution < 1.29 is 0 Å². The number of nitrogens with two attached hydrogens (primary N) is 1. The summed E-state index contributed by atoms with van der Waals surface area (Å²) in [6.45, 7) is 6.26. The summed E-state index contributed by atoms with van der Waals surface area (Å²) in [6, 6.07) is 6.60. The highest BCUT2D eigenvalue weighted by Gasteiger charge is 2.22. The van der Waals surface area contributed by atoms with Crippen LogP contribution in [-0.2, 0) is 6.42 Å². The van der Waals surface area contributed by atoms with E-state index in [1.165, 1.54) is 22.3 Å². The monoisotopic (exact) mass is 187 g/mol. The van der Waals surface area contributed by atoms with Gasteiger partial charge in [0.25, 0.3) is 0 Å². The Labute approximate surface area is 85.6 Å². The molecule has 0 spiro atoms. The maximum atomic E-state index is 6.09. The van der Waals surface area contributed by atoms with E-state index in [9.17, 15) is 0 Å². The highest BCUT2D eigenvalue weighted by molar-refractivity contribution is 5.66. The van der Waals surface area contributed by atoms with Crippen LogP contribution in [0.25, 0.3) is 6.08 Å². The molecule has 0 radical (unpaired) electrons. The molecule has 1 heteroatoms. The Morgan fingerprint density at radius 1 is 1.29 bits per heavy atom. The third-order valence-electron chi connectivity index (χ3n) is 2.84. The lowest BCUT2D eigenvalue weighted by Crippen LogP contribution is -2.34. The van der Waals surface area contributed by atoms with Gasteiger partial charge in [-0.15, -0.1) is 0 Å². The van der Waals surface area contributed by atoms with E-state index in [4.69, 9.17) is 5.73 Å². The molecule has 0 aliphatic heterocycles. The number of rotatable bonds is 1. The number of benzene rings is 1. The second-order valence-electron chi connectivity index (χ2n) is 4.77. The molecule has 0 heterocycles. The van der Waals surface area contributed by atoms with Crippen molar-refractivity contribution in [3.8, 4) is 0 Å². The molecule has 0 atom stereocenters. The van der Waals surface area contributed by atoms with Gasteiger partial charge in [0.2, 0.25) is 0 Å². The average molecular weight is 187 g/mol. The summed E-state index contributed by atoms with van der Waals surface area (Å²) in [5.74, 6) is 0. The van der Waals surface area contributed by atoms with E-state index < -0.39 is 0 Å². The van der Waals surface area contributed by atoms with Crippen LogP contribution in [0, 0.1) is 6.92 Å². The fourth-order valence-electron chi connectivity index (χ4n) is 1.87. The van der Waals surface area contributed by atoms with Gasteiger partial charge >= 0.3 is 0 Å². The lowest BCUT2D eigenvalue weighted by Gasteiger charge is -2.20. The van der Waals surface area contributed by atoms with E-state index >= 15 is 0 Å². The molecule has 0 fully saturated rings. The Kier molecular flexibility index (Phi) is 2.00. The predicted octanol–water partition coefficient (Wildman–Crippen LogP) is 2.67. The minimum absolute atomic E-state index is 0.188. The molecule has 2 rings (SSSR count). The van der Waals surface area contributed by atoms with Crippen molar-refractivity contribution in [1.29, 1.82) is 0 Å². The highest BCUT2D eigenvalue weighted by atomic mass is 14.7. The van der Waals surface area contributed by atoms with Gasteiger partial charge in [0.1, 0.15) is 0 Å². The zero-order valence-electron chi connectivity index (χ0n) is 9.09. The molecule has 1 aliphatic rings. The van der Waals surface area contributed by atoms with Crippen molar-refractivity contribution in [1.82, 2.24) is 0 Å². The normalized spacial score (nSPS) is 15.3. The summed E-state index contributed by atoms with van der Waals surface area (Å²) in [5.41, 5.74) is 11.3. The number of aryl methyl sites for hydroxylation is 1. The van der Waals surface area contributed by atoms with Crippen molar-refractivity contribution in [2.45, 2.75) is 32.7 Å². The van der Waals surface area contributed by atoms with Crippen molar-refractivity contribution in [3.05, 3.63) is 40.5 Å². The van der Waals surface area contributed by atoms with Gasteiger partial charge in [-0.25, -0.2) is 0 Å². The number of hydrogen-bond donors (Lipinski definition) is 1. The quantitative estimate of drug-likeness (QED) is 0.718.